The van der Waals surface area contributed by atoms with Gasteiger partial charge in [0.05, 0.1) is 13.2 Å². The second kappa shape index (κ2) is 7.33. The van der Waals surface area contributed by atoms with Crippen molar-refractivity contribution < 1.29 is 14.7 Å². The van der Waals surface area contributed by atoms with Crippen LogP contribution in [-0.2, 0) is 9.59 Å². The molecular weight excluding hydrogens is 234 g/mol. The Bertz CT molecular complexity index is 296. The Labute approximate surface area is 108 Å². The lowest BCUT2D eigenvalue weighted by Gasteiger charge is -2.24. The van der Waals surface area contributed by atoms with Gasteiger partial charge in [0.15, 0.2) is 0 Å². The van der Waals surface area contributed by atoms with Crippen molar-refractivity contribution in [3.63, 3.8) is 0 Å². The molecule has 1 heterocycles. The summed E-state index contributed by atoms with van der Waals surface area (Å²) in [6, 6.07) is 0.0890. The van der Waals surface area contributed by atoms with Gasteiger partial charge in [0, 0.05) is 26.1 Å². The third kappa shape index (κ3) is 4.62. The van der Waals surface area contributed by atoms with E-state index in [4.69, 9.17) is 0 Å². The minimum Gasteiger partial charge on any atom is -0.395 e. The van der Waals surface area contributed by atoms with E-state index in [-0.39, 0.29) is 24.5 Å². The van der Waals surface area contributed by atoms with Crippen LogP contribution in [0.4, 0.5) is 0 Å². The van der Waals surface area contributed by atoms with Crippen LogP contribution in [0, 0.1) is 5.92 Å². The van der Waals surface area contributed by atoms with Crippen molar-refractivity contribution in [1.29, 1.82) is 0 Å². The Morgan fingerprint density at radius 3 is 2.61 bits per heavy atom. The maximum Gasteiger partial charge on any atom is 0.234 e. The maximum atomic E-state index is 11.7. The molecule has 0 aromatic heterocycles. The van der Waals surface area contributed by atoms with Crippen LogP contribution in [0.5, 0.6) is 0 Å². The Balaban J connectivity index is 2.21. The van der Waals surface area contributed by atoms with Gasteiger partial charge in [-0.2, -0.15) is 0 Å². The molecule has 1 rings (SSSR count). The van der Waals surface area contributed by atoms with Crippen LogP contribution in [-0.4, -0.2) is 60.6 Å². The number of rotatable bonds is 6. The highest BCUT2D eigenvalue weighted by Gasteiger charge is 2.31. The molecule has 2 unspecified atom stereocenters. The van der Waals surface area contributed by atoms with Crippen molar-refractivity contribution in [1.82, 2.24) is 15.5 Å². The van der Waals surface area contributed by atoms with Crippen molar-refractivity contribution in [2.45, 2.75) is 26.3 Å². The van der Waals surface area contributed by atoms with Crippen molar-refractivity contribution in [3.05, 3.63) is 0 Å². The number of amides is 2. The Morgan fingerprint density at radius 2 is 2.00 bits per heavy atom. The number of hydrogen-bond acceptors (Lipinski definition) is 4. The quantitative estimate of drug-likeness (QED) is 0.530. The van der Waals surface area contributed by atoms with Crippen LogP contribution in [0.2, 0.25) is 0 Å². The zero-order chi connectivity index (χ0) is 13.5. The summed E-state index contributed by atoms with van der Waals surface area (Å²) in [5, 5.41) is 14.6. The minimum atomic E-state index is -0.0991. The molecule has 18 heavy (non-hydrogen) atoms. The van der Waals surface area contributed by atoms with Crippen molar-refractivity contribution >= 4 is 11.8 Å². The predicted octanol–water partition coefficient (Wildman–Crippen LogP) is -1.06. The SMILES string of the molecule is CC(=O)NCCNC(=O)CN1CCC(C)C1CO. The number of nitrogens with one attached hydrogen (secondary N) is 2. The molecule has 0 aromatic carbocycles. The van der Waals surface area contributed by atoms with Crippen molar-refractivity contribution in [2.24, 2.45) is 5.92 Å². The van der Waals surface area contributed by atoms with Crippen LogP contribution in [0.25, 0.3) is 0 Å². The van der Waals surface area contributed by atoms with E-state index in [1.807, 2.05) is 4.90 Å². The number of nitrogens with zero attached hydrogens (tertiary/aromatic N) is 1. The monoisotopic (exact) mass is 257 g/mol. The molecule has 6 heteroatoms. The molecule has 104 valence electrons. The van der Waals surface area contributed by atoms with E-state index < -0.39 is 0 Å². The van der Waals surface area contributed by atoms with Crippen molar-refractivity contribution in [2.75, 3.05) is 32.8 Å². The summed E-state index contributed by atoms with van der Waals surface area (Å²) < 4.78 is 0. The van der Waals surface area contributed by atoms with E-state index in [0.717, 1.165) is 13.0 Å². The van der Waals surface area contributed by atoms with Gasteiger partial charge in [-0.15, -0.1) is 0 Å². The summed E-state index contributed by atoms with van der Waals surface area (Å²) in [5.41, 5.74) is 0. The maximum absolute atomic E-state index is 11.7. The zero-order valence-electron chi connectivity index (χ0n) is 11.1. The van der Waals surface area contributed by atoms with Gasteiger partial charge < -0.3 is 15.7 Å². The number of likely N-dealkylation sites (tertiary alicyclic amines) is 1. The van der Waals surface area contributed by atoms with Gasteiger partial charge in [-0.3, -0.25) is 14.5 Å². The lowest BCUT2D eigenvalue weighted by Crippen LogP contribution is -2.44. The van der Waals surface area contributed by atoms with Crippen molar-refractivity contribution in [3.8, 4) is 0 Å². The molecule has 0 bridgehead atoms. The average molecular weight is 257 g/mol. The first-order chi connectivity index (χ1) is 8.54. The van der Waals surface area contributed by atoms with Gasteiger partial charge in [-0.1, -0.05) is 6.92 Å². The minimum absolute atomic E-state index is 0.0621. The van der Waals surface area contributed by atoms with Crippen LogP contribution in [0.1, 0.15) is 20.3 Å². The number of carbonyl (C=O) groups excluding carboxylic acids is 2. The first-order valence-corrected chi connectivity index (χ1v) is 6.40. The summed E-state index contributed by atoms with van der Waals surface area (Å²) in [7, 11) is 0. The van der Waals surface area contributed by atoms with Crippen LogP contribution in [0.3, 0.4) is 0 Å². The second-order valence-corrected chi connectivity index (χ2v) is 4.82. The molecule has 3 N–H and O–H groups in total. The normalized spacial score (nSPS) is 23.9. The van der Waals surface area contributed by atoms with Gasteiger partial charge in [0.1, 0.15) is 0 Å². The zero-order valence-corrected chi connectivity index (χ0v) is 11.1. The molecule has 1 fully saturated rings. The lowest BCUT2D eigenvalue weighted by molar-refractivity contribution is -0.123. The van der Waals surface area contributed by atoms with Crippen LogP contribution in [0.15, 0.2) is 0 Å². The highest BCUT2D eigenvalue weighted by atomic mass is 16.3. The molecule has 1 aliphatic heterocycles. The molecule has 0 spiro atoms. The molecule has 2 atom stereocenters. The molecule has 0 saturated carbocycles. The average Bonchev–Trinajstić information content (AvgIpc) is 2.65. The Hall–Kier alpha value is -1.14. The highest BCUT2D eigenvalue weighted by molar-refractivity contribution is 5.78. The topological polar surface area (TPSA) is 81.7 Å². The molecule has 1 saturated heterocycles. The fourth-order valence-corrected chi connectivity index (χ4v) is 2.26. The smallest absolute Gasteiger partial charge is 0.234 e. The number of aliphatic hydroxyl groups is 1. The van der Waals surface area contributed by atoms with Gasteiger partial charge in [0.2, 0.25) is 11.8 Å². The molecule has 0 aromatic rings. The third-order valence-corrected chi connectivity index (χ3v) is 3.35. The molecule has 6 nitrogen and oxygen atoms in total. The van der Waals surface area contributed by atoms with E-state index in [1.54, 1.807) is 0 Å². The number of carbonyl (C=O) groups is 2. The standard InChI is InChI=1S/C12H23N3O3/c1-9-3-6-15(11(9)8-16)7-12(18)14-5-4-13-10(2)17/h9,11,16H,3-8H2,1-2H3,(H,13,17)(H,14,18). The van der Waals surface area contributed by atoms with E-state index in [1.165, 1.54) is 6.92 Å². The lowest BCUT2D eigenvalue weighted by atomic mass is 10.0. The van der Waals surface area contributed by atoms with Gasteiger partial charge in [-0.25, -0.2) is 0 Å². The number of hydrogen-bond donors (Lipinski definition) is 3. The molecule has 2 amide bonds. The van der Waals surface area contributed by atoms with Gasteiger partial charge in [-0.05, 0) is 18.9 Å². The third-order valence-electron chi connectivity index (χ3n) is 3.35. The molecule has 1 aliphatic rings. The van der Waals surface area contributed by atoms with Gasteiger partial charge in [0.25, 0.3) is 0 Å². The van der Waals surface area contributed by atoms with E-state index >= 15 is 0 Å². The summed E-state index contributed by atoms with van der Waals surface area (Å²) in [5.74, 6) is 0.271. The van der Waals surface area contributed by atoms with Gasteiger partial charge >= 0.3 is 0 Å². The number of aliphatic hydroxyl groups excluding tert-OH is 1. The molecule has 0 radical (unpaired) electrons. The highest BCUT2D eigenvalue weighted by Crippen LogP contribution is 2.22. The summed E-state index contributed by atoms with van der Waals surface area (Å²) >= 11 is 0. The van der Waals surface area contributed by atoms with Crippen LogP contribution < -0.4 is 10.6 Å². The summed E-state index contributed by atoms with van der Waals surface area (Å²) in [4.78, 5) is 24.3. The predicted molar refractivity (Wildman–Crippen MR) is 67.9 cm³/mol. The molecular formula is C12H23N3O3. The van der Waals surface area contributed by atoms with E-state index in [9.17, 15) is 14.7 Å². The van der Waals surface area contributed by atoms with E-state index in [0.29, 0.717) is 25.6 Å². The summed E-state index contributed by atoms with van der Waals surface area (Å²) in [6.07, 6.45) is 1.02. The van der Waals surface area contributed by atoms with E-state index in [2.05, 4.69) is 17.6 Å². The summed E-state index contributed by atoms with van der Waals surface area (Å²) in [6.45, 7) is 5.68. The largest absolute Gasteiger partial charge is 0.395 e. The Kier molecular flexibility index (Phi) is 6.07. The first-order valence-electron chi connectivity index (χ1n) is 6.40. The fraction of sp³-hybridized carbons (Fsp3) is 0.833. The Morgan fingerprint density at radius 1 is 1.33 bits per heavy atom. The molecule has 0 aliphatic carbocycles. The first kappa shape index (κ1) is 14.9. The fourth-order valence-electron chi connectivity index (χ4n) is 2.26. The second-order valence-electron chi connectivity index (χ2n) is 4.82. The van der Waals surface area contributed by atoms with Crippen LogP contribution >= 0.6 is 0 Å².